The molecule has 20 heavy (non-hydrogen) atoms. The Hall–Kier alpha value is -1.35. The van der Waals surface area contributed by atoms with E-state index in [2.05, 4.69) is 10.2 Å². The molecule has 3 nitrogen and oxygen atoms in total. The maximum atomic E-state index is 12.5. The van der Waals surface area contributed by atoms with Gasteiger partial charge in [-0.05, 0) is 57.8 Å². The molecule has 3 heteroatoms. The number of likely N-dealkylation sites (tertiary alicyclic amines) is 1. The van der Waals surface area contributed by atoms with Crippen molar-refractivity contribution in [2.75, 3.05) is 18.4 Å². The number of amides is 1. The van der Waals surface area contributed by atoms with Crippen molar-refractivity contribution in [3.63, 3.8) is 0 Å². The molecular weight excluding hydrogens is 248 g/mol. The largest absolute Gasteiger partial charge is 0.324 e. The fraction of sp³-hybridized carbons (Fsp3) is 0.588. The molecule has 1 aliphatic heterocycles. The first kappa shape index (κ1) is 15.0. The lowest BCUT2D eigenvalue weighted by Crippen LogP contribution is -2.42. The topological polar surface area (TPSA) is 32.3 Å². The fourth-order valence-electron chi connectivity index (χ4n) is 2.89. The van der Waals surface area contributed by atoms with Gasteiger partial charge in [-0.3, -0.25) is 9.69 Å². The molecule has 0 radical (unpaired) electrons. The average molecular weight is 274 g/mol. The van der Waals surface area contributed by atoms with Crippen LogP contribution in [0.4, 0.5) is 5.69 Å². The van der Waals surface area contributed by atoms with Crippen molar-refractivity contribution < 1.29 is 4.79 Å². The minimum Gasteiger partial charge on any atom is -0.324 e. The molecule has 1 saturated heterocycles. The van der Waals surface area contributed by atoms with Crippen LogP contribution in [0.3, 0.4) is 0 Å². The van der Waals surface area contributed by atoms with E-state index in [4.69, 9.17) is 0 Å². The number of hydrogen-bond donors (Lipinski definition) is 1. The highest BCUT2D eigenvalue weighted by Gasteiger charge is 2.22. The first-order valence-electron chi connectivity index (χ1n) is 7.70. The van der Waals surface area contributed by atoms with Gasteiger partial charge in [0.2, 0.25) is 5.91 Å². The third-order valence-corrected chi connectivity index (χ3v) is 4.30. The number of nitrogens with zero attached hydrogens (tertiary/aromatic N) is 1. The van der Waals surface area contributed by atoms with Gasteiger partial charge in [0, 0.05) is 5.69 Å². The van der Waals surface area contributed by atoms with Crippen LogP contribution in [-0.4, -0.2) is 29.9 Å². The zero-order chi connectivity index (χ0) is 14.5. The number of aryl methyl sites for hydroxylation is 2. The highest BCUT2D eigenvalue weighted by molar-refractivity contribution is 5.95. The minimum atomic E-state index is -0.0490. The van der Waals surface area contributed by atoms with E-state index < -0.39 is 0 Å². The lowest BCUT2D eigenvalue weighted by atomic mass is 10.1. The molecule has 1 atom stereocenters. The van der Waals surface area contributed by atoms with E-state index in [9.17, 15) is 4.79 Å². The maximum Gasteiger partial charge on any atom is 0.241 e. The number of anilines is 1. The van der Waals surface area contributed by atoms with Crippen LogP contribution in [0.2, 0.25) is 0 Å². The molecule has 1 aromatic carbocycles. The summed E-state index contributed by atoms with van der Waals surface area (Å²) in [6, 6.07) is 6.06. The Morgan fingerprint density at radius 2 is 1.65 bits per heavy atom. The number of carbonyl (C=O) groups excluding carboxylic acids is 1. The van der Waals surface area contributed by atoms with Crippen molar-refractivity contribution in [2.24, 2.45) is 0 Å². The van der Waals surface area contributed by atoms with Crippen molar-refractivity contribution in [3.05, 3.63) is 29.3 Å². The summed E-state index contributed by atoms with van der Waals surface area (Å²) in [5, 5.41) is 3.12. The third-order valence-electron chi connectivity index (χ3n) is 4.30. The Kier molecular flexibility index (Phi) is 5.18. The molecule has 1 aromatic rings. The molecule has 1 N–H and O–H groups in total. The van der Waals surface area contributed by atoms with Crippen LogP contribution in [0.25, 0.3) is 0 Å². The minimum absolute atomic E-state index is 0.0490. The van der Waals surface area contributed by atoms with E-state index in [1.807, 2.05) is 39.0 Å². The SMILES string of the molecule is Cc1cccc(C)c1NC(=O)C(C)N1CCCCCC1. The summed E-state index contributed by atoms with van der Waals surface area (Å²) in [5.74, 6) is 0.115. The van der Waals surface area contributed by atoms with E-state index in [-0.39, 0.29) is 11.9 Å². The van der Waals surface area contributed by atoms with Crippen molar-refractivity contribution in [1.29, 1.82) is 0 Å². The lowest BCUT2D eigenvalue weighted by molar-refractivity contribution is -0.120. The summed E-state index contributed by atoms with van der Waals surface area (Å²) in [4.78, 5) is 14.8. The summed E-state index contributed by atoms with van der Waals surface area (Å²) in [6.45, 7) is 8.19. The highest BCUT2D eigenvalue weighted by Crippen LogP contribution is 2.20. The first-order chi connectivity index (χ1) is 9.59. The highest BCUT2D eigenvalue weighted by atomic mass is 16.2. The predicted octanol–water partition coefficient (Wildman–Crippen LogP) is 3.51. The van der Waals surface area contributed by atoms with E-state index >= 15 is 0 Å². The first-order valence-corrected chi connectivity index (χ1v) is 7.70. The van der Waals surface area contributed by atoms with Gasteiger partial charge in [0.15, 0.2) is 0 Å². The van der Waals surface area contributed by atoms with E-state index in [0.29, 0.717) is 0 Å². The standard InChI is InChI=1S/C17H26N2O/c1-13-9-8-10-14(2)16(13)18-17(20)15(3)19-11-6-4-5-7-12-19/h8-10,15H,4-7,11-12H2,1-3H3,(H,18,20). The van der Waals surface area contributed by atoms with Crippen molar-refractivity contribution in [3.8, 4) is 0 Å². The number of nitrogens with one attached hydrogen (secondary N) is 1. The zero-order valence-electron chi connectivity index (χ0n) is 12.9. The van der Waals surface area contributed by atoms with Gasteiger partial charge in [-0.1, -0.05) is 31.0 Å². The van der Waals surface area contributed by atoms with Gasteiger partial charge in [0.05, 0.1) is 6.04 Å². The quantitative estimate of drug-likeness (QED) is 0.915. The van der Waals surface area contributed by atoms with Crippen LogP contribution in [0, 0.1) is 13.8 Å². The van der Waals surface area contributed by atoms with Gasteiger partial charge < -0.3 is 5.32 Å². The Balaban J connectivity index is 2.03. The van der Waals surface area contributed by atoms with Gasteiger partial charge in [-0.15, -0.1) is 0 Å². The lowest BCUT2D eigenvalue weighted by Gasteiger charge is -2.27. The summed E-state index contributed by atoms with van der Waals surface area (Å²) >= 11 is 0. The molecule has 0 saturated carbocycles. The summed E-state index contributed by atoms with van der Waals surface area (Å²) in [6.07, 6.45) is 5.01. The Bertz CT molecular complexity index is 442. The molecule has 1 fully saturated rings. The number of benzene rings is 1. The molecule has 1 amide bonds. The molecule has 0 spiro atoms. The molecule has 1 unspecified atom stereocenters. The normalized spacial score (nSPS) is 18.4. The molecule has 1 heterocycles. The average Bonchev–Trinajstić information content (AvgIpc) is 2.71. The second kappa shape index (κ2) is 6.89. The molecular formula is C17H26N2O. The second-order valence-electron chi connectivity index (χ2n) is 5.88. The Morgan fingerprint density at radius 3 is 2.20 bits per heavy atom. The summed E-state index contributed by atoms with van der Waals surface area (Å²) in [7, 11) is 0. The number of para-hydroxylation sites is 1. The molecule has 110 valence electrons. The van der Waals surface area contributed by atoms with Crippen LogP contribution in [0.15, 0.2) is 18.2 Å². The smallest absolute Gasteiger partial charge is 0.241 e. The van der Waals surface area contributed by atoms with E-state index in [0.717, 1.165) is 29.9 Å². The van der Waals surface area contributed by atoms with Crippen molar-refractivity contribution >= 4 is 11.6 Å². The fourth-order valence-corrected chi connectivity index (χ4v) is 2.89. The van der Waals surface area contributed by atoms with Crippen LogP contribution < -0.4 is 5.32 Å². The Labute approximate surface area is 122 Å². The molecule has 0 bridgehead atoms. The Morgan fingerprint density at radius 1 is 1.10 bits per heavy atom. The molecule has 2 rings (SSSR count). The van der Waals surface area contributed by atoms with Gasteiger partial charge >= 0.3 is 0 Å². The number of hydrogen-bond acceptors (Lipinski definition) is 2. The van der Waals surface area contributed by atoms with Crippen LogP contribution in [0.5, 0.6) is 0 Å². The van der Waals surface area contributed by atoms with Gasteiger partial charge in [0.1, 0.15) is 0 Å². The van der Waals surface area contributed by atoms with Crippen LogP contribution >= 0.6 is 0 Å². The number of rotatable bonds is 3. The van der Waals surface area contributed by atoms with Crippen molar-refractivity contribution in [1.82, 2.24) is 4.90 Å². The second-order valence-corrected chi connectivity index (χ2v) is 5.88. The summed E-state index contributed by atoms with van der Waals surface area (Å²) in [5.41, 5.74) is 3.22. The van der Waals surface area contributed by atoms with Crippen LogP contribution in [0.1, 0.15) is 43.7 Å². The van der Waals surface area contributed by atoms with Gasteiger partial charge in [0.25, 0.3) is 0 Å². The monoisotopic (exact) mass is 274 g/mol. The van der Waals surface area contributed by atoms with Gasteiger partial charge in [-0.2, -0.15) is 0 Å². The third kappa shape index (κ3) is 3.60. The summed E-state index contributed by atoms with van der Waals surface area (Å²) < 4.78 is 0. The zero-order valence-corrected chi connectivity index (χ0v) is 12.9. The van der Waals surface area contributed by atoms with E-state index in [1.54, 1.807) is 0 Å². The van der Waals surface area contributed by atoms with Gasteiger partial charge in [-0.25, -0.2) is 0 Å². The maximum absolute atomic E-state index is 12.5. The predicted molar refractivity (Wildman–Crippen MR) is 84.0 cm³/mol. The van der Waals surface area contributed by atoms with Crippen LogP contribution in [-0.2, 0) is 4.79 Å². The van der Waals surface area contributed by atoms with Crippen molar-refractivity contribution in [2.45, 2.75) is 52.5 Å². The number of carbonyl (C=O) groups is 1. The molecule has 0 aromatic heterocycles. The van der Waals surface area contributed by atoms with E-state index in [1.165, 1.54) is 25.7 Å². The molecule has 1 aliphatic rings. The molecule has 0 aliphatic carbocycles.